The first-order valence-corrected chi connectivity index (χ1v) is 3.35. The van der Waals surface area contributed by atoms with Gasteiger partial charge in [0.05, 0.1) is 17.6 Å². The van der Waals surface area contributed by atoms with Gasteiger partial charge in [0.1, 0.15) is 5.75 Å². The summed E-state index contributed by atoms with van der Waals surface area (Å²) in [6.45, 7) is 0. The van der Waals surface area contributed by atoms with Crippen LogP contribution >= 0.6 is 0 Å². The van der Waals surface area contributed by atoms with E-state index in [9.17, 15) is 0 Å². The molecule has 1 aromatic rings. The van der Waals surface area contributed by atoms with Gasteiger partial charge in [0.2, 0.25) is 0 Å². The average Bonchev–Trinajstić information content (AvgIpc) is 2.06. The molecule has 0 radical (unpaired) electrons. The van der Waals surface area contributed by atoms with Crippen molar-refractivity contribution in [3.63, 3.8) is 0 Å². The van der Waals surface area contributed by atoms with Crippen molar-refractivity contribution in [2.24, 2.45) is 5.73 Å². The van der Waals surface area contributed by atoms with Crippen LogP contribution < -0.4 is 5.73 Å². The largest absolute Gasteiger partial charge is 0.506 e. The van der Waals surface area contributed by atoms with Crippen molar-refractivity contribution in [1.82, 2.24) is 4.98 Å². The molecule has 1 aromatic heterocycles. The quantitative estimate of drug-likeness (QED) is 0.562. The van der Waals surface area contributed by atoms with E-state index in [-0.39, 0.29) is 5.75 Å². The summed E-state index contributed by atoms with van der Waals surface area (Å²) in [6, 6.07) is 3.08. The zero-order chi connectivity index (χ0) is 8.97. The van der Waals surface area contributed by atoms with Gasteiger partial charge in [-0.05, 0) is 18.2 Å². The zero-order valence-electron chi connectivity index (χ0n) is 6.36. The van der Waals surface area contributed by atoms with Gasteiger partial charge in [-0.2, -0.15) is 0 Å². The number of aromatic nitrogens is 1. The van der Waals surface area contributed by atoms with Gasteiger partial charge >= 0.3 is 0 Å². The van der Waals surface area contributed by atoms with E-state index in [4.69, 9.17) is 16.2 Å². The standard InChI is InChI=1S/C8H9N3O/c9-4-3-7(10)8-2-1-6(12)5-11-8/h1-5,9,12H,10H2/b7-3-,9-4?. The van der Waals surface area contributed by atoms with Crippen LogP contribution in [0.2, 0.25) is 0 Å². The van der Waals surface area contributed by atoms with E-state index in [1.165, 1.54) is 18.3 Å². The highest BCUT2D eigenvalue weighted by Crippen LogP contribution is 2.09. The lowest BCUT2D eigenvalue weighted by Crippen LogP contribution is -1.98. The summed E-state index contributed by atoms with van der Waals surface area (Å²) in [6.07, 6.45) is 3.82. The van der Waals surface area contributed by atoms with Crippen LogP contribution in [0.15, 0.2) is 24.4 Å². The van der Waals surface area contributed by atoms with Crippen molar-refractivity contribution < 1.29 is 5.11 Å². The molecule has 4 N–H and O–H groups in total. The molecule has 1 heterocycles. The third kappa shape index (κ3) is 1.82. The molecule has 0 atom stereocenters. The lowest BCUT2D eigenvalue weighted by molar-refractivity contribution is 0.472. The van der Waals surface area contributed by atoms with Crippen molar-refractivity contribution >= 4 is 11.9 Å². The Morgan fingerprint density at radius 3 is 2.83 bits per heavy atom. The maximum Gasteiger partial charge on any atom is 0.133 e. The molecular weight excluding hydrogens is 154 g/mol. The average molecular weight is 163 g/mol. The van der Waals surface area contributed by atoms with Gasteiger partial charge in [-0.3, -0.25) is 4.98 Å². The Balaban J connectivity index is 2.97. The first kappa shape index (κ1) is 8.26. The summed E-state index contributed by atoms with van der Waals surface area (Å²) < 4.78 is 0. The number of nitrogens with one attached hydrogen (secondary N) is 1. The number of hydrogen-bond donors (Lipinski definition) is 3. The normalized spacial score (nSPS) is 11.2. The van der Waals surface area contributed by atoms with Crippen LogP contribution in [0.1, 0.15) is 5.69 Å². The summed E-state index contributed by atoms with van der Waals surface area (Å²) >= 11 is 0. The maximum atomic E-state index is 8.90. The van der Waals surface area contributed by atoms with Crippen molar-refractivity contribution in [1.29, 1.82) is 5.41 Å². The first-order valence-electron chi connectivity index (χ1n) is 3.35. The molecule has 0 aromatic carbocycles. The number of hydrogen-bond acceptors (Lipinski definition) is 4. The number of allylic oxidation sites excluding steroid dienone is 1. The zero-order valence-corrected chi connectivity index (χ0v) is 6.36. The lowest BCUT2D eigenvalue weighted by Gasteiger charge is -1.98. The number of aromatic hydroxyl groups is 1. The van der Waals surface area contributed by atoms with Crippen molar-refractivity contribution in [2.75, 3.05) is 0 Å². The highest BCUT2D eigenvalue weighted by atomic mass is 16.3. The van der Waals surface area contributed by atoms with Crippen LogP contribution in [-0.2, 0) is 0 Å². The van der Waals surface area contributed by atoms with Gasteiger partial charge in [0, 0.05) is 6.21 Å². The Kier molecular flexibility index (Phi) is 2.42. The van der Waals surface area contributed by atoms with Crippen LogP contribution in [0, 0.1) is 5.41 Å². The number of pyridine rings is 1. The number of nitrogens with two attached hydrogens (primary N) is 1. The van der Waals surface area contributed by atoms with Crippen LogP contribution in [0.25, 0.3) is 5.70 Å². The summed E-state index contributed by atoms with van der Waals surface area (Å²) in [5.74, 6) is 0.0985. The van der Waals surface area contributed by atoms with Gasteiger partial charge in [-0.25, -0.2) is 0 Å². The molecule has 0 saturated heterocycles. The van der Waals surface area contributed by atoms with Crippen LogP contribution in [-0.4, -0.2) is 16.3 Å². The third-order valence-electron chi connectivity index (χ3n) is 1.31. The molecule has 0 spiro atoms. The monoisotopic (exact) mass is 163 g/mol. The molecule has 0 aliphatic heterocycles. The smallest absolute Gasteiger partial charge is 0.133 e. The Bertz CT molecular complexity index is 303. The second-order valence-corrected chi connectivity index (χ2v) is 2.19. The molecule has 0 unspecified atom stereocenters. The maximum absolute atomic E-state index is 8.90. The van der Waals surface area contributed by atoms with Gasteiger partial charge < -0.3 is 16.2 Å². The molecule has 4 heteroatoms. The van der Waals surface area contributed by atoms with E-state index in [0.717, 1.165) is 6.21 Å². The van der Waals surface area contributed by atoms with Gasteiger partial charge in [0.25, 0.3) is 0 Å². The van der Waals surface area contributed by atoms with Gasteiger partial charge in [-0.15, -0.1) is 0 Å². The van der Waals surface area contributed by atoms with E-state index in [0.29, 0.717) is 11.4 Å². The first-order chi connectivity index (χ1) is 5.74. The van der Waals surface area contributed by atoms with Crippen LogP contribution in [0.4, 0.5) is 0 Å². The Morgan fingerprint density at radius 2 is 2.33 bits per heavy atom. The van der Waals surface area contributed by atoms with Gasteiger partial charge in [-0.1, -0.05) is 0 Å². The predicted molar refractivity (Wildman–Crippen MR) is 46.8 cm³/mol. The Labute approximate surface area is 69.9 Å². The lowest BCUT2D eigenvalue weighted by atomic mass is 10.2. The topological polar surface area (TPSA) is 83.0 Å². The minimum absolute atomic E-state index is 0.0985. The molecular formula is C8H9N3O. The van der Waals surface area contributed by atoms with Crippen molar-refractivity contribution in [3.8, 4) is 5.75 Å². The molecule has 0 aliphatic carbocycles. The molecule has 0 fully saturated rings. The van der Waals surface area contributed by atoms with E-state index < -0.39 is 0 Å². The van der Waals surface area contributed by atoms with Crippen LogP contribution in [0.3, 0.4) is 0 Å². The SMILES string of the molecule is N=C/C=C(\N)c1ccc(O)cn1. The molecule has 62 valence electrons. The highest BCUT2D eigenvalue weighted by Gasteiger charge is 1.95. The Morgan fingerprint density at radius 1 is 1.58 bits per heavy atom. The Hall–Kier alpha value is -1.84. The summed E-state index contributed by atoms with van der Waals surface area (Å²) in [5, 5.41) is 15.7. The highest BCUT2D eigenvalue weighted by molar-refractivity contribution is 5.80. The summed E-state index contributed by atoms with van der Waals surface area (Å²) in [7, 11) is 0. The van der Waals surface area contributed by atoms with E-state index in [1.54, 1.807) is 6.07 Å². The molecule has 0 bridgehead atoms. The second kappa shape index (κ2) is 3.52. The fourth-order valence-electron chi connectivity index (χ4n) is 0.732. The minimum Gasteiger partial charge on any atom is -0.506 e. The minimum atomic E-state index is 0.0985. The number of rotatable bonds is 2. The fourth-order valence-corrected chi connectivity index (χ4v) is 0.732. The van der Waals surface area contributed by atoms with Crippen molar-refractivity contribution in [3.05, 3.63) is 30.1 Å². The molecule has 1 rings (SSSR count). The molecule has 0 aliphatic rings. The van der Waals surface area contributed by atoms with E-state index in [2.05, 4.69) is 4.98 Å². The number of nitrogens with zero attached hydrogens (tertiary/aromatic N) is 1. The van der Waals surface area contributed by atoms with Crippen molar-refractivity contribution in [2.45, 2.75) is 0 Å². The summed E-state index contributed by atoms with van der Waals surface area (Å²) in [5.41, 5.74) is 6.48. The second-order valence-electron chi connectivity index (χ2n) is 2.19. The van der Waals surface area contributed by atoms with Crippen LogP contribution in [0.5, 0.6) is 5.75 Å². The molecule has 0 amide bonds. The predicted octanol–water partition coefficient (Wildman–Crippen LogP) is 0.736. The fraction of sp³-hybridized carbons (Fsp3) is 0. The van der Waals surface area contributed by atoms with E-state index >= 15 is 0 Å². The molecule has 4 nitrogen and oxygen atoms in total. The molecule has 12 heavy (non-hydrogen) atoms. The van der Waals surface area contributed by atoms with E-state index in [1.807, 2.05) is 0 Å². The summed E-state index contributed by atoms with van der Waals surface area (Å²) in [4.78, 5) is 3.85. The van der Waals surface area contributed by atoms with Gasteiger partial charge in [0.15, 0.2) is 0 Å². The molecule has 0 saturated carbocycles. The third-order valence-corrected chi connectivity index (χ3v) is 1.31.